The average Bonchev–Trinajstić information content (AvgIpc) is 2.49. The van der Waals surface area contributed by atoms with Crippen LogP contribution in [0.1, 0.15) is 12.0 Å². The van der Waals surface area contributed by atoms with Crippen LogP contribution in [0.15, 0.2) is 53.4 Å². The highest BCUT2D eigenvalue weighted by Gasteiger charge is 2.15. The Balaban J connectivity index is 1.79. The molecule has 0 saturated carbocycles. The van der Waals surface area contributed by atoms with E-state index in [1.165, 1.54) is 24.3 Å². The van der Waals surface area contributed by atoms with Gasteiger partial charge in [-0.1, -0.05) is 18.2 Å². The zero-order valence-corrected chi connectivity index (χ0v) is 13.1. The summed E-state index contributed by atoms with van der Waals surface area (Å²) in [4.78, 5) is 0.287. The van der Waals surface area contributed by atoms with E-state index in [2.05, 4.69) is 4.72 Å². The normalized spacial score (nSPS) is 11.4. The minimum Gasteiger partial charge on any atom is -0.494 e. The Morgan fingerprint density at radius 1 is 1.09 bits per heavy atom. The SMILES string of the molecule is Cc1ccccc1S(=O)(=O)NCCCOc1ccc(F)cc1. The number of aryl methyl sites for hydroxylation is 1. The van der Waals surface area contributed by atoms with E-state index in [9.17, 15) is 12.8 Å². The molecule has 0 bridgehead atoms. The van der Waals surface area contributed by atoms with Crippen molar-refractivity contribution in [1.29, 1.82) is 0 Å². The van der Waals surface area contributed by atoms with E-state index in [-0.39, 0.29) is 17.3 Å². The topological polar surface area (TPSA) is 55.4 Å². The quantitative estimate of drug-likeness (QED) is 0.797. The number of rotatable bonds is 7. The van der Waals surface area contributed by atoms with Crippen LogP contribution < -0.4 is 9.46 Å². The number of halogens is 1. The number of ether oxygens (including phenoxy) is 1. The average molecular weight is 323 g/mol. The summed E-state index contributed by atoms with van der Waals surface area (Å²) in [6.45, 7) is 2.38. The summed E-state index contributed by atoms with van der Waals surface area (Å²) < 4.78 is 44.9. The van der Waals surface area contributed by atoms with Gasteiger partial charge in [0.05, 0.1) is 11.5 Å². The third-order valence-corrected chi connectivity index (χ3v) is 4.70. The summed E-state index contributed by atoms with van der Waals surface area (Å²) in [5.41, 5.74) is 0.706. The van der Waals surface area contributed by atoms with Crippen LogP contribution in [0.4, 0.5) is 4.39 Å². The molecular weight excluding hydrogens is 305 g/mol. The standard InChI is InChI=1S/C16H18FNO3S/c1-13-5-2-3-6-16(13)22(19,20)18-11-4-12-21-15-9-7-14(17)8-10-15/h2-3,5-10,18H,4,11-12H2,1H3. The molecule has 0 aliphatic carbocycles. The minimum atomic E-state index is -3.50. The molecule has 118 valence electrons. The van der Waals surface area contributed by atoms with Gasteiger partial charge in [-0.3, -0.25) is 0 Å². The second kappa shape index (κ2) is 7.38. The second-order valence-corrected chi connectivity index (χ2v) is 6.55. The largest absolute Gasteiger partial charge is 0.494 e. The first kappa shape index (κ1) is 16.5. The lowest BCUT2D eigenvalue weighted by Crippen LogP contribution is -2.26. The minimum absolute atomic E-state index is 0.276. The first-order chi connectivity index (χ1) is 10.5. The van der Waals surface area contributed by atoms with Crippen molar-refractivity contribution < 1.29 is 17.5 Å². The molecular formula is C16H18FNO3S. The highest BCUT2D eigenvalue weighted by molar-refractivity contribution is 7.89. The van der Waals surface area contributed by atoms with Crippen LogP contribution in [0.25, 0.3) is 0 Å². The molecule has 0 aliphatic heterocycles. The molecule has 4 nitrogen and oxygen atoms in total. The van der Waals surface area contributed by atoms with Gasteiger partial charge in [0, 0.05) is 6.54 Å². The lowest BCUT2D eigenvalue weighted by Gasteiger charge is -2.09. The highest BCUT2D eigenvalue weighted by Crippen LogP contribution is 2.14. The van der Waals surface area contributed by atoms with Crippen molar-refractivity contribution in [2.45, 2.75) is 18.2 Å². The van der Waals surface area contributed by atoms with Crippen molar-refractivity contribution >= 4 is 10.0 Å². The van der Waals surface area contributed by atoms with Crippen molar-refractivity contribution in [1.82, 2.24) is 4.72 Å². The summed E-state index contributed by atoms with van der Waals surface area (Å²) in [5, 5.41) is 0. The molecule has 0 atom stereocenters. The Labute approximate surface area is 130 Å². The first-order valence-corrected chi connectivity index (χ1v) is 8.41. The molecule has 6 heteroatoms. The van der Waals surface area contributed by atoms with E-state index < -0.39 is 10.0 Å². The number of sulfonamides is 1. The highest BCUT2D eigenvalue weighted by atomic mass is 32.2. The molecule has 2 rings (SSSR count). The van der Waals surface area contributed by atoms with Gasteiger partial charge >= 0.3 is 0 Å². The van der Waals surface area contributed by atoms with E-state index in [4.69, 9.17) is 4.74 Å². The molecule has 0 aromatic heterocycles. The number of hydrogen-bond donors (Lipinski definition) is 1. The maximum Gasteiger partial charge on any atom is 0.240 e. The zero-order chi connectivity index (χ0) is 16.0. The van der Waals surface area contributed by atoms with Gasteiger partial charge in [0.15, 0.2) is 0 Å². The molecule has 2 aromatic carbocycles. The fourth-order valence-corrected chi connectivity index (χ4v) is 3.25. The van der Waals surface area contributed by atoms with E-state index in [0.29, 0.717) is 24.3 Å². The van der Waals surface area contributed by atoms with Gasteiger partial charge in [0.25, 0.3) is 0 Å². The lowest BCUT2D eigenvalue weighted by molar-refractivity contribution is 0.311. The maximum atomic E-state index is 12.7. The molecule has 0 amide bonds. The van der Waals surface area contributed by atoms with Crippen LogP contribution in [0.2, 0.25) is 0 Å². The van der Waals surface area contributed by atoms with E-state index in [0.717, 1.165) is 0 Å². The summed E-state index contributed by atoms with van der Waals surface area (Å²) in [5.74, 6) is 0.238. The van der Waals surface area contributed by atoms with Crippen LogP contribution >= 0.6 is 0 Å². The third kappa shape index (κ3) is 4.54. The van der Waals surface area contributed by atoms with Gasteiger partial charge in [0.1, 0.15) is 11.6 Å². The lowest BCUT2D eigenvalue weighted by atomic mass is 10.2. The zero-order valence-electron chi connectivity index (χ0n) is 12.3. The summed E-state index contributed by atoms with van der Waals surface area (Å²) >= 11 is 0. The van der Waals surface area contributed by atoms with E-state index in [1.54, 1.807) is 31.2 Å². The second-order valence-electron chi connectivity index (χ2n) is 4.82. The summed E-state index contributed by atoms with van der Waals surface area (Å²) in [6, 6.07) is 12.5. The summed E-state index contributed by atoms with van der Waals surface area (Å²) in [6.07, 6.45) is 0.516. The van der Waals surface area contributed by atoms with Crippen LogP contribution in [-0.4, -0.2) is 21.6 Å². The van der Waals surface area contributed by atoms with Crippen molar-refractivity contribution in [2.75, 3.05) is 13.2 Å². The third-order valence-electron chi connectivity index (χ3n) is 3.08. The Morgan fingerprint density at radius 3 is 2.45 bits per heavy atom. The van der Waals surface area contributed by atoms with Crippen molar-refractivity contribution in [2.24, 2.45) is 0 Å². The predicted octanol–water partition coefficient (Wildman–Crippen LogP) is 2.88. The molecule has 0 fully saturated rings. The molecule has 22 heavy (non-hydrogen) atoms. The molecule has 1 N–H and O–H groups in total. The van der Waals surface area contributed by atoms with Crippen molar-refractivity contribution in [3.05, 3.63) is 59.9 Å². The Bertz CT molecular complexity index is 714. The molecule has 0 heterocycles. The fourth-order valence-electron chi connectivity index (χ4n) is 1.94. The van der Waals surface area contributed by atoms with Gasteiger partial charge < -0.3 is 4.74 Å². The number of nitrogens with one attached hydrogen (secondary N) is 1. The van der Waals surface area contributed by atoms with Crippen LogP contribution in [0, 0.1) is 12.7 Å². The summed E-state index contributed by atoms with van der Waals surface area (Å²) in [7, 11) is -3.50. The van der Waals surface area contributed by atoms with E-state index >= 15 is 0 Å². The number of benzene rings is 2. The smallest absolute Gasteiger partial charge is 0.240 e. The Hall–Kier alpha value is -1.92. The number of hydrogen-bond acceptors (Lipinski definition) is 3. The van der Waals surface area contributed by atoms with Gasteiger partial charge in [-0.15, -0.1) is 0 Å². The van der Waals surface area contributed by atoms with Gasteiger partial charge in [-0.2, -0.15) is 0 Å². The molecule has 0 unspecified atom stereocenters. The van der Waals surface area contributed by atoms with Gasteiger partial charge in [0.2, 0.25) is 10.0 Å². The van der Waals surface area contributed by atoms with Crippen molar-refractivity contribution in [3.8, 4) is 5.75 Å². The molecule has 0 spiro atoms. The fraction of sp³-hybridized carbons (Fsp3) is 0.250. The molecule has 0 aliphatic rings. The van der Waals surface area contributed by atoms with Gasteiger partial charge in [-0.25, -0.2) is 17.5 Å². The van der Waals surface area contributed by atoms with Crippen LogP contribution in [0.3, 0.4) is 0 Å². The molecule has 2 aromatic rings. The maximum absolute atomic E-state index is 12.7. The Kier molecular flexibility index (Phi) is 5.51. The monoisotopic (exact) mass is 323 g/mol. The Morgan fingerprint density at radius 2 is 1.77 bits per heavy atom. The first-order valence-electron chi connectivity index (χ1n) is 6.93. The van der Waals surface area contributed by atoms with Crippen LogP contribution in [0.5, 0.6) is 5.75 Å². The van der Waals surface area contributed by atoms with Crippen LogP contribution in [-0.2, 0) is 10.0 Å². The predicted molar refractivity (Wildman–Crippen MR) is 82.9 cm³/mol. The van der Waals surface area contributed by atoms with E-state index in [1.807, 2.05) is 0 Å². The van der Waals surface area contributed by atoms with Crippen molar-refractivity contribution in [3.63, 3.8) is 0 Å². The molecule has 0 saturated heterocycles. The van der Waals surface area contributed by atoms with Gasteiger partial charge in [-0.05, 0) is 49.2 Å². The molecule has 0 radical (unpaired) electrons.